The second-order valence-electron chi connectivity index (χ2n) is 10.6. The van der Waals surface area contributed by atoms with Crippen LogP contribution in [0, 0.1) is 0 Å². The van der Waals surface area contributed by atoms with Crippen LogP contribution in [0.3, 0.4) is 0 Å². The summed E-state index contributed by atoms with van der Waals surface area (Å²) < 4.78 is 2.27. The summed E-state index contributed by atoms with van der Waals surface area (Å²) in [6.45, 7) is 6.11. The molecule has 8 rings (SSSR count). The van der Waals surface area contributed by atoms with Crippen LogP contribution in [0.4, 0.5) is 5.69 Å². The quantitative estimate of drug-likeness (QED) is 0.181. The SMILES string of the molecule is C=[NH+]c1c(/C=C\C)ccc2c3cc(-c4cccc(-c5ccc6ccccc6c5)n4)ccc3n3c4ccccc4nc3c12. The topological polar surface area (TPSA) is 44.2 Å². The normalized spacial score (nSPS) is 11.9. The average molecular weight is 540 g/mol. The highest BCUT2D eigenvalue weighted by Crippen LogP contribution is 2.38. The molecule has 0 aliphatic carbocycles. The number of nitrogens with one attached hydrogen (secondary N) is 1. The molecule has 0 aliphatic heterocycles. The van der Waals surface area contributed by atoms with Crippen molar-refractivity contribution < 1.29 is 4.99 Å². The van der Waals surface area contributed by atoms with E-state index in [9.17, 15) is 0 Å². The van der Waals surface area contributed by atoms with E-state index in [-0.39, 0.29) is 0 Å². The van der Waals surface area contributed by atoms with Gasteiger partial charge < -0.3 is 0 Å². The highest BCUT2D eigenvalue weighted by Gasteiger charge is 2.20. The highest BCUT2D eigenvalue weighted by atomic mass is 15.0. The van der Waals surface area contributed by atoms with E-state index in [1.807, 2.05) is 13.0 Å². The summed E-state index contributed by atoms with van der Waals surface area (Å²) in [6, 6.07) is 40.5. The Kier molecular flexibility index (Phi) is 5.47. The average Bonchev–Trinajstić information content (AvgIpc) is 3.44. The fourth-order valence-corrected chi connectivity index (χ4v) is 6.23. The molecule has 5 aromatic carbocycles. The molecule has 0 fully saturated rings. The number of fused-ring (bicyclic) bond motifs is 9. The Morgan fingerprint density at radius 2 is 1.43 bits per heavy atom. The van der Waals surface area contributed by atoms with Crippen molar-refractivity contribution in [2.45, 2.75) is 6.92 Å². The summed E-state index contributed by atoms with van der Waals surface area (Å²) in [4.78, 5) is 13.5. The number of para-hydroxylation sites is 2. The zero-order valence-corrected chi connectivity index (χ0v) is 23.2. The number of pyridine rings is 2. The van der Waals surface area contributed by atoms with Crippen LogP contribution in [-0.4, -0.2) is 21.1 Å². The Hall–Kier alpha value is -5.61. The van der Waals surface area contributed by atoms with Gasteiger partial charge in [0, 0.05) is 27.5 Å². The van der Waals surface area contributed by atoms with Crippen molar-refractivity contribution in [1.82, 2.24) is 14.4 Å². The first kappa shape index (κ1) is 24.2. The van der Waals surface area contributed by atoms with Crippen LogP contribution in [0.1, 0.15) is 12.5 Å². The smallest absolute Gasteiger partial charge is 0.222 e. The molecule has 0 amide bonds. The third-order valence-corrected chi connectivity index (χ3v) is 8.16. The van der Waals surface area contributed by atoms with Gasteiger partial charge >= 0.3 is 0 Å². The number of hydrogen-bond donors (Lipinski definition) is 1. The third-order valence-electron chi connectivity index (χ3n) is 8.16. The lowest BCUT2D eigenvalue weighted by molar-refractivity contribution is -0.340. The maximum absolute atomic E-state index is 5.13. The van der Waals surface area contributed by atoms with Gasteiger partial charge in [0.1, 0.15) is 6.72 Å². The lowest BCUT2D eigenvalue weighted by Crippen LogP contribution is -2.58. The van der Waals surface area contributed by atoms with Crippen molar-refractivity contribution >= 4 is 67.6 Å². The lowest BCUT2D eigenvalue weighted by Gasteiger charge is -2.12. The van der Waals surface area contributed by atoms with Crippen molar-refractivity contribution in [2.24, 2.45) is 0 Å². The molecule has 0 spiro atoms. The standard InChI is InChI=1S/C38H26N4/c1-3-9-25-18-20-29-30-23-28(32-14-8-13-31(40-32)27-17-16-24-10-4-5-11-26(24)22-27)19-21-34(30)42-35-15-7-6-12-33(35)41-38(42)36(29)37(25)39-2/h3-23H,2H2,1H3/p+1/b9-3-. The van der Waals surface area contributed by atoms with Crippen LogP contribution in [-0.2, 0) is 0 Å². The monoisotopic (exact) mass is 539 g/mol. The van der Waals surface area contributed by atoms with E-state index in [0.717, 1.165) is 72.1 Å². The molecule has 0 atom stereocenters. The second-order valence-corrected chi connectivity index (χ2v) is 10.6. The molecular weight excluding hydrogens is 512 g/mol. The molecule has 0 aliphatic rings. The zero-order chi connectivity index (χ0) is 28.2. The van der Waals surface area contributed by atoms with Gasteiger partial charge in [-0.05, 0) is 66.2 Å². The first-order valence-electron chi connectivity index (χ1n) is 14.2. The van der Waals surface area contributed by atoms with Gasteiger partial charge in [0.2, 0.25) is 5.69 Å². The van der Waals surface area contributed by atoms with E-state index in [1.54, 1.807) is 0 Å². The molecule has 0 unspecified atom stereocenters. The number of imidazole rings is 1. The molecule has 8 aromatic rings. The van der Waals surface area contributed by atoms with Gasteiger partial charge in [0.15, 0.2) is 5.65 Å². The second kappa shape index (κ2) is 9.50. The summed E-state index contributed by atoms with van der Waals surface area (Å²) in [5, 5.41) is 5.76. The molecule has 4 heteroatoms. The molecule has 4 nitrogen and oxygen atoms in total. The van der Waals surface area contributed by atoms with Crippen LogP contribution in [0.5, 0.6) is 0 Å². The van der Waals surface area contributed by atoms with Gasteiger partial charge in [-0.15, -0.1) is 0 Å². The maximum Gasteiger partial charge on any atom is 0.222 e. The molecule has 3 aromatic heterocycles. The minimum absolute atomic E-state index is 0.917. The molecule has 42 heavy (non-hydrogen) atoms. The predicted molar refractivity (Wildman–Crippen MR) is 176 cm³/mol. The fourth-order valence-electron chi connectivity index (χ4n) is 6.23. The van der Waals surface area contributed by atoms with Crippen LogP contribution >= 0.6 is 0 Å². The van der Waals surface area contributed by atoms with Gasteiger partial charge in [-0.3, -0.25) is 4.40 Å². The summed E-state index contributed by atoms with van der Waals surface area (Å²) in [7, 11) is 0. The first-order chi connectivity index (χ1) is 20.7. The summed E-state index contributed by atoms with van der Waals surface area (Å²) >= 11 is 0. The first-order valence-corrected chi connectivity index (χ1v) is 14.2. The fraction of sp³-hybridized carbons (Fsp3) is 0.0263. The number of allylic oxidation sites excluding steroid dienone is 1. The third kappa shape index (κ3) is 3.66. The minimum atomic E-state index is 0.917. The Morgan fingerprint density at radius 1 is 0.667 bits per heavy atom. The van der Waals surface area contributed by atoms with E-state index in [4.69, 9.17) is 9.97 Å². The van der Waals surface area contributed by atoms with Gasteiger partial charge in [0.25, 0.3) is 0 Å². The lowest BCUT2D eigenvalue weighted by atomic mass is 9.98. The Morgan fingerprint density at radius 3 is 2.26 bits per heavy atom. The highest BCUT2D eigenvalue weighted by molar-refractivity contribution is 6.18. The Balaban J connectivity index is 1.40. The molecular formula is C38H27N4+. The number of rotatable bonds is 4. The van der Waals surface area contributed by atoms with Gasteiger partial charge in [-0.2, -0.15) is 0 Å². The van der Waals surface area contributed by atoms with E-state index in [2.05, 4.69) is 137 Å². The van der Waals surface area contributed by atoms with Gasteiger partial charge in [-0.1, -0.05) is 78.9 Å². The number of benzene rings is 5. The molecule has 0 radical (unpaired) electrons. The molecule has 0 saturated heterocycles. The van der Waals surface area contributed by atoms with E-state index in [0.29, 0.717) is 0 Å². The van der Waals surface area contributed by atoms with Crippen molar-refractivity contribution in [1.29, 1.82) is 0 Å². The van der Waals surface area contributed by atoms with Crippen LogP contribution in [0.15, 0.2) is 121 Å². The Bertz CT molecular complexity index is 2390. The zero-order valence-electron chi connectivity index (χ0n) is 23.2. The molecule has 1 N–H and O–H groups in total. The van der Waals surface area contributed by atoms with Crippen molar-refractivity contribution in [3.8, 4) is 22.5 Å². The van der Waals surface area contributed by atoms with Crippen molar-refractivity contribution in [2.75, 3.05) is 0 Å². The van der Waals surface area contributed by atoms with Crippen LogP contribution < -0.4 is 4.99 Å². The van der Waals surface area contributed by atoms with Crippen LogP contribution in [0.2, 0.25) is 0 Å². The molecule has 3 heterocycles. The Labute approximate surface area is 242 Å². The van der Waals surface area contributed by atoms with Crippen LogP contribution in [0.25, 0.3) is 77.7 Å². The number of aromatic nitrogens is 3. The molecule has 198 valence electrons. The maximum atomic E-state index is 5.13. The van der Waals surface area contributed by atoms with E-state index in [1.165, 1.54) is 10.8 Å². The van der Waals surface area contributed by atoms with Gasteiger partial charge in [0.05, 0.1) is 33.3 Å². The number of hydrogen-bond acceptors (Lipinski definition) is 2. The van der Waals surface area contributed by atoms with Crippen molar-refractivity contribution in [3.05, 3.63) is 127 Å². The number of nitrogens with zero attached hydrogens (tertiary/aromatic N) is 3. The van der Waals surface area contributed by atoms with E-state index < -0.39 is 0 Å². The predicted octanol–water partition coefficient (Wildman–Crippen LogP) is 8.12. The van der Waals surface area contributed by atoms with Crippen molar-refractivity contribution in [3.63, 3.8) is 0 Å². The largest absolute Gasteiger partial charge is 0.291 e. The molecule has 0 bridgehead atoms. The summed E-state index contributed by atoms with van der Waals surface area (Å²) in [6.07, 6.45) is 4.16. The minimum Gasteiger partial charge on any atom is -0.291 e. The van der Waals surface area contributed by atoms with Gasteiger partial charge in [-0.25, -0.2) is 15.0 Å². The molecule has 0 saturated carbocycles. The summed E-state index contributed by atoms with van der Waals surface area (Å²) in [5.74, 6) is 0. The summed E-state index contributed by atoms with van der Waals surface area (Å²) in [5.41, 5.74) is 10.2. The van der Waals surface area contributed by atoms with E-state index >= 15 is 0 Å².